The molecule has 0 amide bonds. The van der Waals surface area contributed by atoms with Gasteiger partial charge in [0, 0.05) is 5.56 Å². The summed E-state index contributed by atoms with van der Waals surface area (Å²) in [6.07, 6.45) is 3.01. The van der Waals surface area contributed by atoms with Crippen LogP contribution in [0.25, 0.3) is 0 Å². The van der Waals surface area contributed by atoms with Crippen LogP contribution in [0, 0.1) is 11.3 Å². The topological polar surface area (TPSA) is 57.2 Å². The van der Waals surface area contributed by atoms with Gasteiger partial charge in [-0.25, -0.2) is 0 Å². The van der Waals surface area contributed by atoms with Crippen molar-refractivity contribution in [2.75, 3.05) is 0 Å². The van der Waals surface area contributed by atoms with E-state index in [1.807, 2.05) is 0 Å². The molecule has 1 aromatic heterocycles. The third-order valence-corrected chi connectivity index (χ3v) is 2.64. The van der Waals surface area contributed by atoms with Gasteiger partial charge in [-0.1, -0.05) is 12.1 Å². The lowest BCUT2D eigenvalue weighted by Crippen LogP contribution is -2.21. The molecule has 0 aliphatic heterocycles. The van der Waals surface area contributed by atoms with Gasteiger partial charge in [0.15, 0.2) is 0 Å². The number of benzene rings is 1. The molecule has 0 fully saturated rings. The Balaban J connectivity index is 2.48. The van der Waals surface area contributed by atoms with Gasteiger partial charge in [-0.05, 0) is 30.7 Å². The first-order valence-corrected chi connectivity index (χ1v) is 4.90. The molecule has 1 aromatic carbocycles. The van der Waals surface area contributed by atoms with E-state index in [1.54, 1.807) is 37.3 Å². The van der Waals surface area contributed by atoms with E-state index in [0.717, 1.165) is 0 Å². The van der Waals surface area contributed by atoms with Gasteiger partial charge in [0.2, 0.25) is 0 Å². The van der Waals surface area contributed by atoms with Crippen LogP contribution < -0.4 is 0 Å². The Kier molecular flexibility index (Phi) is 2.51. The molecule has 1 unspecified atom stereocenters. The number of furan rings is 1. The van der Waals surface area contributed by atoms with Crippen LogP contribution in [0.3, 0.4) is 0 Å². The lowest BCUT2D eigenvalue weighted by Gasteiger charge is -2.22. The molecule has 0 spiro atoms. The fourth-order valence-corrected chi connectivity index (χ4v) is 1.60. The summed E-state index contributed by atoms with van der Waals surface area (Å²) in [4.78, 5) is 0. The summed E-state index contributed by atoms with van der Waals surface area (Å²) in [5, 5.41) is 19.2. The molecule has 0 saturated carbocycles. The van der Waals surface area contributed by atoms with Crippen molar-refractivity contribution in [3.8, 4) is 6.07 Å². The number of hydrogen-bond acceptors (Lipinski definition) is 3. The van der Waals surface area contributed by atoms with Crippen molar-refractivity contribution >= 4 is 0 Å². The van der Waals surface area contributed by atoms with Gasteiger partial charge < -0.3 is 9.52 Å². The molecule has 0 aliphatic rings. The van der Waals surface area contributed by atoms with Crippen LogP contribution in [-0.2, 0) is 5.60 Å². The smallest absolute Gasteiger partial charge is 0.115 e. The van der Waals surface area contributed by atoms with Gasteiger partial charge in [0.1, 0.15) is 5.60 Å². The van der Waals surface area contributed by atoms with Crippen LogP contribution in [0.2, 0.25) is 0 Å². The van der Waals surface area contributed by atoms with E-state index in [-0.39, 0.29) is 0 Å². The number of rotatable bonds is 2. The maximum atomic E-state index is 10.4. The fourth-order valence-electron chi connectivity index (χ4n) is 1.60. The van der Waals surface area contributed by atoms with Crippen molar-refractivity contribution in [1.29, 1.82) is 5.26 Å². The van der Waals surface area contributed by atoms with Crippen molar-refractivity contribution in [2.24, 2.45) is 0 Å². The third-order valence-electron chi connectivity index (χ3n) is 2.64. The summed E-state index contributed by atoms with van der Waals surface area (Å²) >= 11 is 0. The zero-order valence-corrected chi connectivity index (χ0v) is 8.84. The molecular weight excluding hydrogens is 202 g/mol. The Morgan fingerprint density at radius 3 is 2.75 bits per heavy atom. The van der Waals surface area contributed by atoms with Crippen LogP contribution in [-0.4, -0.2) is 5.11 Å². The lowest BCUT2D eigenvalue weighted by molar-refractivity contribution is 0.101. The summed E-state index contributed by atoms with van der Waals surface area (Å²) in [5.41, 5.74) is 0.733. The van der Waals surface area contributed by atoms with Crippen LogP contribution >= 0.6 is 0 Å². The van der Waals surface area contributed by atoms with Gasteiger partial charge in [0.05, 0.1) is 24.2 Å². The number of aliphatic hydroxyl groups is 1. The van der Waals surface area contributed by atoms with Crippen LogP contribution in [0.4, 0.5) is 0 Å². The molecule has 3 nitrogen and oxygen atoms in total. The highest BCUT2D eigenvalue weighted by atomic mass is 16.3. The van der Waals surface area contributed by atoms with Gasteiger partial charge in [-0.3, -0.25) is 0 Å². The Bertz CT molecular complexity index is 521. The van der Waals surface area contributed by atoms with Gasteiger partial charge in [0.25, 0.3) is 0 Å². The Morgan fingerprint density at radius 2 is 2.12 bits per heavy atom. The summed E-state index contributed by atoms with van der Waals surface area (Å²) in [7, 11) is 0. The van der Waals surface area contributed by atoms with Crippen LogP contribution in [0.15, 0.2) is 47.3 Å². The van der Waals surface area contributed by atoms with Gasteiger partial charge in [-0.2, -0.15) is 5.26 Å². The number of hydrogen-bond donors (Lipinski definition) is 1. The summed E-state index contributed by atoms with van der Waals surface area (Å²) in [6.45, 7) is 1.67. The van der Waals surface area contributed by atoms with E-state index in [2.05, 4.69) is 6.07 Å². The number of nitriles is 1. The molecule has 0 bridgehead atoms. The standard InChI is InChI=1S/C13H11NO2/c1-13(15,12-5-6-16-9-12)11-4-2-3-10(7-11)8-14/h2-7,9,15H,1H3. The molecule has 2 aromatic rings. The molecule has 0 saturated heterocycles. The highest BCUT2D eigenvalue weighted by molar-refractivity contribution is 5.39. The minimum absolute atomic E-state index is 0.529. The molecule has 80 valence electrons. The molecular formula is C13H11NO2. The molecule has 2 rings (SSSR count). The predicted molar refractivity (Wildman–Crippen MR) is 58.5 cm³/mol. The molecule has 1 atom stereocenters. The van der Waals surface area contributed by atoms with E-state index in [4.69, 9.17) is 9.68 Å². The van der Waals surface area contributed by atoms with E-state index < -0.39 is 5.60 Å². The molecule has 1 N–H and O–H groups in total. The molecule has 1 heterocycles. The average molecular weight is 213 g/mol. The van der Waals surface area contributed by atoms with Crippen molar-refractivity contribution in [3.63, 3.8) is 0 Å². The average Bonchev–Trinajstić information content (AvgIpc) is 2.83. The maximum Gasteiger partial charge on any atom is 0.115 e. The van der Waals surface area contributed by atoms with E-state index in [1.165, 1.54) is 12.5 Å². The minimum atomic E-state index is -1.14. The second kappa shape index (κ2) is 3.84. The summed E-state index contributed by atoms with van der Waals surface area (Å²) in [5.74, 6) is 0. The summed E-state index contributed by atoms with van der Waals surface area (Å²) in [6, 6.07) is 10.7. The molecule has 0 radical (unpaired) electrons. The van der Waals surface area contributed by atoms with E-state index in [0.29, 0.717) is 16.7 Å². The first-order valence-electron chi connectivity index (χ1n) is 4.90. The Morgan fingerprint density at radius 1 is 1.31 bits per heavy atom. The Hall–Kier alpha value is -2.05. The lowest BCUT2D eigenvalue weighted by atomic mass is 9.89. The van der Waals surface area contributed by atoms with Gasteiger partial charge >= 0.3 is 0 Å². The van der Waals surface area contributed by atoms with Crippen molar-refractivity contribution in [2.45, 2.75) is 12.5 Å². The monoisotopic (exact) mass is 213 g/mol. The quantitative estimate of drug-likeness (QED) is 0.833. The van der Waals surface area contributed by atoms with Crippen molar-refractivity contribution < 1.29 is 9.52 Å². The molecule has 16 heavy (non-hydrogen) atoms. The summed E-state index contributed by atoms with van der Waals surface area (Å²) < 4.78 is 4.95. The first-order chi connectivity index (χ1) is 7.64. The van der Waals surface area contributed by atoms with Crippen LogP contribution in [0.1, 0.15) is 23.6 Å². The van der Waals surface area contributed by atoms with Crippen LogP contribution in [0.5, 0.6) is 0 Å². The second-order valence-electron chi connectivity index (χ2n) is 3.78. The first kappa shape index (κ1) is 10.5. The fraction of sp³-hybridized carbons (Fsp3) is 0.154. The van der Waals surface area contributed by atoms with Gasteiger partial charge in [-0.15, -0.1) is 0 Å². The maximum absolute atomic E-state index is 10.4. The normalized spacial score (nSPS) is 14.1. The second-order valence-corrected chi connectivity index (χ2v) is 3.78. The zero-order valence-electron chi connectivity index (χ0n) is 8.84. The number of nitrogens with zero attached hydrogens (tertiary/aromatic N) is 1. The highest BCUT2D eigenvalue weighted by Gasteiger charge is 2.26. The largest absolute Gasteiger partial charge is 0.472 e. The highest BCUT2D eigenvalue weighted by Crippen LogP contribution is 2.29. The Labute approximate surface area is 93.6 Å². The predicted octanol–water partition coefficient (Wildman–Crippen LogP) is 2.41. The van der Waals surface area contributed by atoms with E-state index >= 15 is 0 Å². The SMILES string of the molecule is CC(O)(c1ccoc1)c1cccc(C#N)c1. The zero-order chi connectivity index (χ0) is 11.6. The molecule has 3 heteroatoms. The molecule has 0 aliphatic carbocycles. The van der Waals surface area contributed by atoms with Crippen molar-refractivity contribution in [3.05, 3.63) is 59.5 Å². The minimum Gasteiger partial charge on any atom is -0.472 e. The van der Waals surface area contributed by atoms with Crippen molar-refractivity contribution in [1.82, 2.24) is 0 Å². The third kappa shape index (κ3) is 1.71. The van der Waals surface area contributed by atoms with E-state index in [9.17, 15) is 5.11 Å².